The van der Waals surface area contributed by atoms with E-state index in [-0.39, 0.29) is 24.0 Å². The highest BCUT2D eigenvalue weighted by molar-refractivity contribution is 6.26. The summed E-state index contributed by atoms with van der Waals surface area (Å²) in [6.07, 6.45) is 2.99. The Morgan fingerprint density at radius 1 is 1.00 bits per heavy atom. The normalized spacial score (nSPS) is 19.0. The van der Waals surface area contributed by atoms with Crippen molar-refractivity contribution in [3.05, 3.63) is 77.8 Å². The fourth-order valence-corrected chi connectivity index (χ4v) is 3.61. The van der Waals surface area contributed by atoms with Crippen molar-refractivity contribution >= 4 is 23.8 Å². The molecule has 0 radical (unpaired) electrons. The molecule has 1 saturated heterocycles. The van der Waals surface area contributed by atoms with Crippen LogP contribution in [-0.4, -0.2) is 29.4 Å². The lowest BCUT2D eigenvalue weighted by Gasteiger charge is -2.37. The van der Waals surface area contributed by atoms with Crippen molar-refractivity contribution in [2.24, 2.45) is 0 Å². The summed E-state index contributed by atoms with van der Waals surface area (Å²) in [6, 6.07) is 16.3. The lowest BCUT2D eigenvalue weighted by atomic mass is 9.84. The summed E-state index contributed by atoms with van der Waals surface area (Å²) in [7, 11) is 0. The number of hydrogen-bond acceptors (Lipinski definition) is 3. The fourth-order valence-electron chi connectivity index (χ4n) is 3.61. The van der Waals surface area contributed by atoms with Gasteiger partial charge in [-0.3, -0.25) is 9.69 Å². The summed E-state index contributed by atoms with van der Waals surface area (Å²) in [5, 5.41) is 0. The first-order chi connectivity index (χ1) is 12.2. The van der Waals surface area contributed by atoms with Gasteiger partial charge in [0.1, 0.15) is 5.82 Å². The quantitative estimate of drug-likeness (QED) is 0.806. The van der Waals surface area contributed by atoms with Crippen molar-refractivity contribution in [2.75, 3.05) is 13.1 Å². The van der Waals surface area contributed by atoms with E-state index in [1.807, 2.05) is 42.5 Å². The molecule has 0 bridgehead atoms. The fraction of sp³-hybridized carbons (Fsp3) is 0.286. The van der Waals surface area contributed by atoms with Crippen LogP contribution in [0.3, 0.4) is 0 Å². The predicted molar refractivity (Wildman–Crippen MR) is 101 cm³/mol. The third kappa shape index (κ3) is 3.53. The van der Waals surface area contributed by atoms with Crippen molar-refractivity contribution in [1.82, 2.24) is 4.90 Å². The van der Waals surface area contributed by atoms with Crippen molar-refractivity contribution in [1.29, 1.82) is 0 Å². The molecule has 4 rings (SSSR count). The van der Waals surface area contributed by atoms with Gasteiger partial charge in [-0.25, -0.2) is 4.39 Å². The average Bonchev–Trinajstić information content (AvgIpc) is 2.96. The van der Waals surface area contributed by atoms with Crippen LogP contribution in [-0.2, 0) is 16.1 Å². The SMILES string of the molecule is Cl.O=C1C(c2ccccc2)=COC12CCN(Cc1ccc(F)cc1)CC2. The molecule has 0 amide bonds. The number of halogens is 2. The minimum absolute atomic E-state index is 0. The van der Waals surface area contributed by atoms with Crippen LogP contribution < -0.4 is 0 Å². The van der Waals surface area contributed by atoms with Crippen LogP contribution in [0.4, 0.5) is 4.39 Å². The van der Waals surface area contributed by atoms with E-state index in [1.54, 1.807) is 6.26 Å². The van der Waals surface area contributed by atoms with Crippen LogP contribution in [0.25, 0.3) is 5.57 Å². The third-order valence-electron chi connectivity index (χ3n) is 5.13. The Hall–Kier alpha value is -2.17. The number of nitrogens with zero attached hydrogens (tertiary/aromatic N) is 1. The minimum Gasteiger partial charge on any atom is -0.486 e. The van der Waals surface area contributed by atoms with Crippen molar-refractivity contribution in [3.63, 3.8) is 0 Å². The third-order valence-corrected chi connectivity index (χ3v) is 5.13. The van der Waals surface area contributed by atoms with E-state index >= 15 is 0 Å². The van der Waals surface area contributed by atoms with Crippen LogP contribution in [0.2, 0.25) is 0 Å². The molecule has 2 aliphatic heterocycles. The van der Waals surface area contributed by atoms with Crippen molar-refractivity contribution in [3.8, 4) is 0 Å². The highest BCUT2D eigenvalue weighted by Crippen LogP contribution is 2.38. The molecule has 2 aromatic rings. The monoisotopic (exact) mass is 373 g/mol. The number of ether oxygens (including phenoxy) is 1. The van der Waals surface area contributed by atoms with Crippen molar-refractivity contribution < 1.29 is 13.9 Å². The van der Waals surface area contributed by atoms with Gasteiger partial charge in [0, 0.05) is 32.5 Å². The lowest BCUT2D eigenvalue weighted by molar-refractivity contribution is -0.133. The lowest BCUT2D eigenvalue weighted by Crippen LogP contribution is -2.48. The smallest absolute Gasteiger partial charge is 0.210 e. The highest BCUT2D eigenvalue weighted by atomic mass is 35.5. The second-order valence-corrected chi connectivity index (χ2v) is 6.74. The number of likely N-dealkylation sites (tertiary alicyclic amines) is 1. The molecule has 1 fully saturated rings. The van der Waals surface area contributed by atoms with E-state index in [4.69, 9.17) is 4.74 Å². The van der Waals surface area contributed by atoms with E-state index in [0.717, 1.165) is 30.8 Å². The van der Waals surface area contributed by atoms with Gasteiger partial charge in [-0.1, -0.05) is 42.5 Å². The van der Waals surface area contributed by atoms with Crippen LogP contribution in [0.15, 0.2) is 60.9 Å². The second kappa shape index (κ2) is 7.60. The average molecular weight is 374 g/mol. The number of ketones is 1. The zero-order valence-corrected chi connectivity index (χ0v) is 15.2. The van der Waals surface area contributed by atoms with E-state index < -0.39 is 5.60 Å². The first kappa shape index (κ1) is 18.6. The van der Waals surface area contributed by atoms with Crippen LogP contribution in [0.1, 0.15) is 24.0 Å². The van der Waals surface area contributed by atoms with E-state index in [9.17, 15) is 9.18 Å². The van der Waals surface area contributed by atoms with Gasteiger partial charge < -0.3 is 4.74 Å². The molecule has 5 heteroatoms. The van der Waals surface area contributed by atoms with Gasteiger partial charge in [0.05, 0.1) is 11.8 Å². The summed E-state index contributed by atoms with van der Waals surface area (Å²) < 4.78 is 18.9. The van der Waals surface area contributed by atoms with Gasteiger partial charge in [-0.2, -0.15) is 0 Å². The molecule has 0 saturated carbocycles. The van der Waals surface area contributed by atoms with Gasteiger partial charge in [0.25, 0.3) is 0 Å². The number of benzene rings is 2. The van der Waals surface area contributed by atoms with Gasteiger partial charge in [0.15, 0.2) is 5.60 Å². The van der Waals surface area contributed by atoms with Crippen molar-refractivity contribution in [2.45, 2.75) is 25.0 Å². The molecule has 26 heavy (non-hydrogen) atoms. The topological polar surface area (TPSA) is 29.5 Å². The van der Waals surface area contributed by atoms with Crippen LogP contribution in [0, 0.1) is 5.82 Å². The molecule has 0 aliphatic carbocycles. The van der Waals surface area contributed by atoms with E-state index in [2.05, 4.69) is 4.90 Å². The Morgan fingerprint density at radius 3 is 2.31 bits per heavy atom. The highest BCUT2D eigenvalue weighted by Gasteiger charge is 2.47. The van der Waals surface area contributed by atoms with E-state index in [1.165, 1.54) is 12.1 Å². The Kier molecular flexibility index (Phi) is 5.44. The van der Waals surface area contributed by atoms with Gasteiger partial charge in [0.2, 0.25) is 5.78 Å². The van der Waals surface area contributed by atoms with E-state index in [0.29, 0.717) is 18.4 Å². The maximum atomic E-state index is 13.0. The number of carbonyl (C=O) groups is 1. The number of hydrogen-bond donors (Lipinski definition) is 0. The zero-order chi connectivity index (χ0) is 17.3. The molecule has 136 valence electrons. The summed E-state index contributed by atoms with van der Waals surface area (Å²) in [6.45, 7) is 2.35. The number of carbonyl (C=O) groups excluding carboxylic acids is 1. The first-order valence-electron chi connectivity index (χ1n) is 8.61. The Morgan fingerprint density at radius 2 is 1.65 bits per heavy atom. The zero-order valence-electron chi connectivity index (χ0n) is 14.4. The maximum absolute atomic E-state index is 13.0. The van der Waals surface area contributed by atoms with Crippen LogP contribution >= 0.6 is 12.4 Å². The molecule has 3 nitrogen and oxygen atoms in total. The molecule has 0 N–H and O–H groups in total. The number of rotatable bonds is 3. The standard InChI is InChI=1S/C21H20FNO2.ClH/c22-18-8-6-16(7-9-18)14-23-12-10-21(11-13-23)20(24)19(15-25-21)17-4-2-1-3-5-17;/h1-9,15H,10-14H2;1H. The summed E-state index contributed by atoms with van der Waals surface area (Å²) in [4.78, 5) is 15.2. The minimum atomic E-state index is -0.704. The molecule has 2 heterocycles. The number of Topliss-reactive ketones (excluding diaryl/α,β-unsaturated/α-hetero) is 1. The predicted octanol–water partition coefficient (Wildman–Crippen LogP) is 4.22. The number of piperidine rings is 1. The molecule has 0 aromatic heterocycles. The molecule has 0 atom stereocenters. The Labute approximate surface area is 158 Å². The van der Waals surface area contributed by atoms with Crippen LogP contribution in [0.5, 0.6) is 0 Å². The summed E-state index contributed by atoms with van der Waals surface area (Å²) in [5.41, 5.74) is 1.97. The molecular formula is C21H21ClFNO2. The summed E-state index contributed by atoms with van der Waals surface area (Å²) >= 11 is 0. The molecule has 0 unspecified atom stereocenters. The molecule has 2 aliphatic rings. The largest absolute Gasteiger partial charge is 0.486 e. The Balaban J connectivity index is 0.00000196. The molecular weight excluding hydrogens is 353 g/mol. The Bertz CT molecular complexity index is 797. The molecule has 2 aromatic carbocycles. The van der Waals surface area contributed by atoms with Gasteiger partial charge in [-0.05, 0) is 23.3 Å². The van der Waals surface area contributed by atoms with Gasteiger partial charge >= 0.3 is 0 Å². The maximum Gasteiger partial charge on any atom is 0.210 e. The first-order valence-corrected chi connectivity index (χ1v) is 8.61. The molecule has 1 spiro atoms. The van der Waals surface area contributed by atoms with Gasteiger partial charge in [-0.15, -0.1) is 12.4 Å². The second-order valence-electron chi connectivity index (χ2n) is 6.74. The summed E-state index contributed by atoms with van der Waals surface area (Å²) in [5.74, 6) is -0.119.